The van der Waals surface area contributed by atoms with E-state index in [0.717, 1.165) is 31.5 Å². The van der Waals surface area contributed by atoms with Crippen molar-refractivity contribution in [3.8, 4) is 0 Å². The van der Waals surface area contributed by atoms with Crippen LogP contribution in [-0.2, 0) is 11.2 Å². The van der Waals surface area contributed by atoms with Crippen LogP contribution in [0.4, 0.5) is 0 Å². The van der Waals surface area contributed by atoms with Gasteiger partial charge in [-0.2, -0.15) is 0 Å². The smallest absolute Gasteiger partial charge is 0.226 e. The Morgan fingerprint density at radius 3 is 2.78 bits per heavy atom. The first-order chi connectivity index (χ1) is 8.69. The predicted molar refractivity (Wildman–Crippen MR) is 73.2 cm³/mol. The Labute approximate surface area is 109 Å². The van der Waals surface area contributed by atoms with E-state index in [-0.39, 0.29) is 5.91 Å². The summed E-state index contributed by atoms with van der Waals surface area (Å²) in [6.07, 6.45) is 2.75. The van der Waals surface area contributed by atoms with Gasteiger partial charge in [0.15, 0.2) is 0 Å². The number of nitrogens with two attached hydrogens (primary N) is 1. The Morgan fingerprint density at radius 1 is 1.39 bits per heavy atom. The van der Waals surface area contributed by atoms with Gasteiger partial charge in [-0.1, -0.05) is 29.8 Å². The Hall–Kier alpha value is -1.35. The summed E-state index contributed by atoms with van der Waals surface area (Å²) in [4.78, 5) is 14.2. The number of likely N-dealkylation sites (tertiary alicyclic amines) is 1. The fraction of sp³-hybridized carbons (Fsp3) is 0.533. The Balaban J connectivity index is 1.93. The molecule has 0 aliphatic carbocycles. The van der Waals surface area contributed by atoms with Crippen molar-refractivity contribution in [3.63, 3.8) is 0 Å². The van der Waals surface area contributed by atoms with E-state index in [1.54, 1.807) is 0 Å². The molecule has 3 heteroatoms. The highest BCUT2D eigenvalue weighted by atomic mass is 16.2. The molecule has 1 aromatic carbocycles. The van der Waals surface area contributed by atoms with E-state index in [1.165, 1.54) is 5.56 Å². The maximum atomic E-state index is 12.2. The van der Waals surface area contributed by atoms with Gasteiger partial charge in [0.05, 0.1) is 6.42 Å². The molecular formula is C15H22N2O. The second kappa shape index (κ2) is 6.01. The number of piperidine rings is 1. The molecule has 2 rings (SSSR count). The lowest BCUT2D eigenvalue weighted by Gasteiger charge is -2.32. The zero-order chi connectivity index (χ0) is 13.0. The summed E-state index contributed by atoms with van der Waals surface area (Å²) in [6.45, 7) is 4.47. The highest BCUT2D eigenvalue weighted by Crippen LogP contribution is 2.16. The van der Waals surface area contributed by atoms with Crippen LogP contribution in [0, 0.1) is 12.8 Å². The standard InChI is InChI=1S/C15H22N2O/c1-12-4-6-13(7-5-12)9-15(18)17-8-2-3-14(10-16)11-17/h4-7,14H,2-3,8-11,16H2,1H3. The molecule has 1 unspecified atom stereocenters. The summed E-state index contributed by atoms with van der Waals surface area (Å²) in [5.74, 6) is 0.720. The van der Waals surface area contributed by atoms with Gasteiger partial charge in [-0.15, -0.1) is 0 Å². The molecule has 1 aromatic rings. The highest BCUT2D eigenvalue weighted by Gasteiger charge is 2.22. The van der Waals surface area contributed by atoms with Crippen LogP contribution in [0.2, 0.25) is 0 Å². The molecule has 1 amide bonds. The van der Waals surface area contributed by atoms with Crippen LogP contribution in [0.15, 0.2) is 24.3 Å². The highest BCUT2D eigenvalue weighted by molar-refractivity contribution is 5.78. The van der Waals surface area contributed by atoms with Crippen molar-refractivity contribution in [1.82, 2.24) is 4.90 Å². The summed E-state index contributed by atoms with van der Waals surface area (Å²) in [7, 11) is 0. The fourth-order valence-electron chi connectivity index (χ4n) is 2.48. The minimum atomic E-state index is 0.233. The molecule has 3 nitrogen and oxygen atoms in total. The SMILES string of the molecule is Cc1ccc(CC(=O)N2CCCC(CN)C2)cc1. The van der Waals surface area contributed by atoms with Gasteiger partial charge in [0.2, 0.25) is 5.91 Å². The number of hydrogen-bond donors (Lipinski definition) is 1. The molecule has 2 N–H and O–H groups in total. The zero-order valence-corrected chi connectivity index (χ0v) is 11.1. The molecule has 98 valence electrons. The maximum Gasteiger partial charge on any atom is 0.226 e. The summed E-state index contributed by atoms with van der Waals surface area (Å²) in [6, 6.07) is 8.19. The quantitative estimate of drug-likeness (QED) is 0.883. The van der Waals surface area contributed by atoms with Crippen LogP contribution in [0.3, 0.4) is 0 Å². The molecule has 0 bridgehead atoms. The first-order valence-corrected chi connectivity index (χ1v) is 6.72. The summed E-state index contributed by atoms with van der Waals surface area (Å²) < 4.78 is 0. The Bertz CT molecular complexity index is 399. The second-order valence-corrected chi connectivity index (χ2v) is 5.25. The van der Waals surface area contributed by atoms with Gasteiger partial charge in [0.25, 0.3) is 0 Å². The van der Waals surface area contributed by atoms with Crippen molar-refractivity contribution >= 4 is 5.91 Å². The largest absolute Gasteiger partial charge is 0.342 e. The van der Waals surface area contributed by atoms with Crippen molar-refractivity contribution < 1.29 is 4.79 Å². The van der Waals surface area contributed by atoms with Crippen LogP contribution >= 0.6 is 0 Å². The lowest BCUT2D eigenvalue weighted by molar-refractivity contribution is -0.132. The van der Waals surface area contributed by atoms with Crippen molar-refractivity contribution in [1.29, 1.82) is 0 Å². The van der Waals surface area contributed by atoms with E-state index in [9.17, 15) is 4.79 Å². The average molecular weight is 246 g/mol. The van der Waals surface area contributed by atoms with Crippen molar-refractivity contribution in [2.24, 2.45) is 11.7 Å². The number of carbonyl (C=O) groups is 1. The molecule has 0 saturated carbocycles. The van der Waals surface area contributed by atoms with Crippen LogP contribution in [0.1, 0.15) is 24.0 Å². The monoisotopic (exact) mass is 246 g/mol. The van der Waals surface area contributed by atoms with Crippen LogP contribution in [-0.4, -0.2) is 30.4 Å². The summed E-state index contributed by atoms with van der Waals surface area (Å²) in [5, 5.41) is 0. The lowest BCUT2D eigenvalue weighted by Crippen LogP contribution is -2.42. The van der Waals surface area contributed by atoms with E-state index in [2.05, 4.69) is 19.1 Å². The fourth-order valence-corrected chi connectivity index (χ4v) is 2.48. The van der Waals surface area contributed by atoms with Gasteiger partial charge in [-0.05, 0) is 37.8 Å². The van der Waals surface area contributed by atoms with Crippen molar-refractivity contribution in [2.45, 2.75) is 26.2 Å². The molecule has 0 spiro atoms. The van der Waals surface area contributed by atoms with Gasteiger partial charge in [-0.3, -0.25) is 4.79 Å². The molecule has 1 aliphatic heterocycles. The summed E-state index contributed by atoms with van der Waals surface area (Å²) in [5.41, 5.74) is 8.02. The van der Waals surface area contributed by atoms with Gasteiger partial charge in [0, 0.05) is 13.1 Å². The minimum Gasteiger partial charge on any atom is -0.342 e. The second-order valence-electron chi connectivity index (χ2n) is 5.25. The molecule has 1 fully saturated rings. The Kier molecular flexibility index (Phi) is 4.37. The van der Waals surface area contributed by atoms with Gasteiger partial charge in [0.1, 0.15) is 0 Å². The number of nitrogens with zero attached hydrogens (tertiary/aromatic N) is 1. The molecule has 0 aromatic heterocycles. The normalized spacial score (nSPS) is 19.9. The molecule has 1 atom stereocenters. The molecule has 18 heavy (non-hydrogen) atoms. The number of amides is 1. The topological polar surface area (TPSA) is 46.3 Å². The average Bonchev–Trinajstić information content (AvgIpc) is 2.41. The third-order valence-corrected chi connectivity index (χ3v) is 3.68. The zero-order valence-electron chi connectivity index (χ0n) is 11.1. The predicted octanol–water partition coefficient (Wildman–Crippen LogP) is 1.73. The van der Waals surface area contributed by atoms with Crippen molar-refractivity contribution in [2.75, 3.05) is 19.6 Å². The van der Waals surface area contributed by atoms with Crippen LogP contribution in [0.5, 0.6) is 0 Å². The number of carbonyl (C=O) groups excluding carboxylic acids is 1. The first-order valence-electron chi connectivity index (χ1n) is 6.72. The molecular weight excluding hydrogens is 224 g/mol. The maximum absolute atomic E-state index is 12.2. The minimum absolute atomic E-state index is 0.233. The lowest BCUT2D eigenvalue weighted by atomic mass is 9.97. The summed E-state index contributed by atoms with van der Waals surface area (Å²) >= 11 is 0. The molecule has 1 saturated heterocycles. The van der Waals surface area contributed by atoms with E-state index < -0.39 is 0 Å². The first kappa shape index (κ1) is 13.1. The molecule has 1 aliphatic rings. The third kappa shape index (κ3) is 3.33. The van der Waals surface area contributed by atoms with Crippen molar-refractivity contribution in [3.05, 3.63) is 35.4 Å². The van der Waals surface area contributed by atoms with Crippen LogP contribution in [0.25, 0.3) is 0 Å². The van der Waals surface area contributed by atoms with E-state index in [0.29, 0.717) is 18.9 Å². The van der Waals surface area contributed by atoms with E-state index >= 15 is 0 Å². The number of aryl methyl sites for hydroxylation is 1. The molecule has 0 radical (unpaired) electrons. The number of benzene rings is 1. The van der Waals surface area contributed by atoms with Gasteiger partial charge < -0.3 is 10.6 Å². The van der Waals surface area contributed by atoms with E-state index in [4.69, 9.17) is 5.73 Å². The third-order valence-electron chi connectivity index (χ3n) is 3.68. The van der Waals surface area contributed by atoms with Gasteiger partial charge in [-0.25, -0.2) is 0 Å². The molecule has 1 heterocycles. The number of hydrogen-bond acceptors (Lipinski definition) is 2. The van der Waals surface area contributed by atoms with Gasteiger partial charge >= 0.3 is 0 Å². The Morgan fingerprint density at radius 2 is 2.11 bits per heavy atom. The van der Waals surface area contributed by atoms with Crippen LogP contribution < -0.4 is 5.73 Å². The number of rotatable bonds is 3. The van der Waals surface area contributed by atoms with E-state index in [1.807, 2.05) is 17.0 Å².